The molecule has 2 spiro atoms. The Balaban J connectivity index is 1.09. The first-order valence-corrected chi connectivity index (χ1v) is 16.7. The average Bonchev–Trinajstić information content (AvgIpc) is 3.42. The minimum atomic E-state index is -1.14. The van der Waals surface area contributed by atoms with Crippen LogP contribution >= 0.6 is 0 Å². The third kappa shape index (κ3) is 3.99. The first-order valence-electron chi connectivity index (χ1n) is 16.7. The summed E-state index contributed by atoms with van der Waals surface area (Å²) in [5.41, 5.74) is 0.0384. The van der Waals surface area contributed by atoms with Gasteiger partial charge in [0, 0.05) is 25.4 Å². The second-order valence-corrected chi connectivity index (χ2v) is 16.8. The van der Waals surface area contributed by atoms with E-state index in [-0.39, 0.29) is 41.6 Å². The van der Waals surface area contributed by atoms with Gasteiger partial charge in [0.15, 0.2) is 6.10 Å². The van der Waals surface area contributed by atoms with Gasteiger partial charge in [-0.05, 0) is 118 Å². The smallest absolute Gasteiger partial charge is 0.311 e. The molecule has 0 aromatic carbocycles. The van der Waals surface area contributed by atoms with Crippen LogP contribution in [0.25, 0.3) is 0 Å². The Morgan fingerprint density at radius 2 is 1.68 bits per heavy atom. The molecule has 7 heteroatoms. The summed E-state index contributed by atoms with van der Waals surface area (Å²) in [6, 6.07) is 0. The first kappa shape index (κ1) is 28.6. The molecule has 0 radical (unpaired) electrons. The minimum Gasteiger partial charge on any atom is -0.462 e. The van der Waals surface area contributed by atoms with Gasteiger partial charge in [0.2, 0.25) is 0 Å². The van der Waals surface area contributed by atoms with Gasteiger partial charge in [-0.2, -0.15) is 0 Å². The van der Waals surface area contributed by atoms with Crippen LogP contribution in [0.2, 0.25) is 0 Å². The number of aliphatic hydroxyl groups is 1. The summed E-state index contributed by atoms with van der Waals surface area (Å²) < 4.78 is 18.7. The molecule has 2 saturated heterocycles. The van der Waals surface area contributed by atoms with Gasteiger partial charge in [-0.15, -0.1) is 0 Å². The molecule has 230 valence electrons. The maximum absolute atomic E-state index is 12.8. The maximum Gasteiger partial charge on any atom is 0.311 e. The van der Waals surface area contributed by atoms with E-state index >= 15 is 0 Å². The SMILES string of the molecule is CC(=O)O[C@@H](C1CCC2C(CC3C4CCC5C(C)(C)[C@@H](OC(=O)C6CNC6)CC[C@@]56CC46CC[C@]23C)O1)C(C)(C)O. The Labute approximate surface area is 246 Å². The Bertz CT molecular complexity index is 1100. The highest BCUT2D eigenvalue weighted by Crippen LogP contribution is 2.87. The fourth-order valence-corrected chi connectivity index (χ4v) is 12.2. The molecule has 41 heavy (non-hydrogen) atoms. The van der Waals surface area contributed by atoms with Crippen LogP contribution < -0.4 is 5.32 Å². The van der Waals surface area contributed by atoms with Gasteiger partial charge in [-0.25, -0.2) is 0 Å². The van der Waals surface area contributed by atoms with Gasteiger partial charge in [-0.3, -0.25) is 9.59 Å². The van der Waals surface area contributed by atoms with E-state index in [1.54, 1.807) is 13.8 Å². The highest BCUT2D eigenvalue weighted by molar-refractivity contribution is 5.74. The second-order valence-electron chi connectivity index (χ2n) is 16.8. The molecule has 5 saturated carbocycles. The lowest BCUT2D eigenvalue weighted by molar-refractivity contribution is -0.200. The maximum atomic E-state index is 12.8. The van der Waals surface area contributed by atoms with Crippen molar-refractivity contribution in [3.63, 3.8) is 0 Å². The largest absolute Gasteiger partial charge is 0.462 e. The molecule has 7 aliphatic rings. The number of carbonyl (C=O) groups excluding carboxylic acids is 2. The van der Waals surface area contributed by atoms with Gasteiger partial charge in [-0.1, -0.05) is 20.8 Å². The molecule has 5 aliphatic carbocycles. The standard InChI is InChI=1S/C34H53NO6/c1-19(36)39-28(31(4,5)38)24-9-7-22-25(40-24)15-23-21-8-10-26-30(2,3)27(41-29(37)20-16-35-17-20)11-12-34(26)18-33(21,34)14-13-32(22,23)6/h20-28,35,38H,7-18H2,1-6H3/t21?,22?,23?,24?,25?,26?,27-,28-,32+,33?,34+/m0/s1. The lowest BCUT2D eigenvalue weighted by atomic mass is 9.46. The fraction of sp³-hybridized carbons (Fsp3) is 0.941. The quantitative estimate of drug-likeness (QED) is 0.447. The summed E-state index contributed by atoms with van der Waals surface area (Å²) >= 11 is 0. The van der Waals surface area contributed by atoms with Gasteiger partial charge in [0.05, 0.1) is 23.7 Å². The van der Waals surface area contributed by atoms with Crippen molar-refractivity contribution in [1.82, 2.24) is 5.32 Å². The Hall–Kier alpha value is -1.18. The Kier molecular flexibility index (Phi) is 6.39. The van der Waals surface area contributed by atoms with Crippen LogP contribution in [0.15, 0.2) is 0 Å². The fourth-order valence-electron chi connectivity index (χ4n) is 12.2. The van der Waals surface area contributed by atoms with Crippen molar-refractivity contribution in [1.29, 1.82) is 0 Å². The average molecular weight is 572 g/mol. The van der Waals surface area contributed by atoms with Crippen LogP contribution in [0.5, 0.6) is 0 Å². The zero-order valence-corrected chi connectivity index (χ0v) is 26.2. The van der Waals surface area contributed by atoms with Crippen molar-refractivity contribution >= 4 is 11.9 Å². The number of carbonyl (C=O) groups is 2. The van der Waals surface area contributed by atoms with E-state index in [2.05, 4.69) is 26.1 Å². The van der Waals surface area contributed by atoms with Crippen molar-refractivity contribution in [2.24, 2.45) is 51.2 Å². The third-order valence-corrected chi connectivity index (χ3v) is 14.3. The molecule has 7 fully saturated rings. The summed E-state index contributed by atoms with van der Waals surface area (Å²) in [6.07, 6.45) is 11.1. The molecular weight excluding hydrogens is 518 g/mol. The van der Waals surface area contributed by atoms with Crippen molar-refractivity contribution in [2.45, 2.75) is 136 Å². The number of esters is 2. The molecule has 2 aliphatic heterocycles. The topological polar surface area (TPSA) is 94.1 Å². The van der Waals surface area contributed by atoms with Crippen molar-refractivity contribution in [3.05, 3.63) is 0 Å². The normalized spacial score (nSPS) is 48.7. The molecular formula is C34H53NO6. The number of hydrogen-bond acceptors (Lipinski definition) is 7. The molecule has 0 bridgehead atoms. The molecule has 7 rings (SSSR count). The van der Waals surface area contributed by atoms with E-state index in [0.29, 0.717) is 34.0 Å². The van der Waals surface area contributed by atoms with Crippen LogP contribution in [0.4, 0.5) is 0 Å². The monoisotopic (exact) mass is 571 g/mol. The van der Waals surface area contributed by atoms with Crippen LogP contribution in [0.1, 0.15) is 106 Å². The second kappa shape index (κ2) is 9.17. The number of nitrogens with one attached hydrogen (secondary N) is 1. The van der Waals surface area contributed by atoms with E-state index < -0.39 is 11.7 Å². The van der Waals surface area contributed by atoms with Gasteiger partial charge in [0.1, 0.15) is 6.10 Å². The van der Waals surface area contributed by atoms with Gasteiger partial charge >= 0.3 is 11.9 Å². The molecule has 7 nitrogen and oxygen atoms in total. The van der Waals surface area contributed by atoms with E-state index in [0.717, 1.165) is 44.7 Å². The van der Waals surface area contributed by atoms with Crippen molar-refractivity contribution < 1.29 is 28.9 Å². The van der Waals surface area contributed by atoms with Crippen molar-refractivity contribution in [3.8, 4) is 0 Å². The summed E-state index contributed by atoms with van der Waals surface area (Å²) in [5.74, 6) is 2.28. The van der Waals surface area contributed by atoms with E-state index in [4.69, 9.17) is 14.2 Å². The zero-order chi connectivity index (χ0) is 29.2. The van der Waals surface area contributed by atoms with E-state index in [1.165, 1.54) is 45.4 Å². The summed E-state index contributed by atoms with van der Waals surface area (Å²) in [4.78, 5) is 24.7. The lowest BCUT2D eigenvalue weighted by Crippen LogP contribution is -2.56. The summed E-state index contributed by atoms with van der Waals surface area (Å²) in [6.45, 7) is 13.8. The minimum absolute atomic E-state index is 0.0118. The van der Waals surface area contributed by atoms with Gasteiger partial charge in [0.25, 0.3) is 0 Å². The van der Waals surface area contributed by atoms with E-state index in [1.807, 2.05) is 0 Å². The van der Waals surface area contributed by atoms with E-state index in [9.17, 15) is 14.7 Å². The summed E-state index contributed by atoms with van der Waals surface area (Å²) in [7, 11) is 0. The molecule has 2 heterocycles. The number of hydrogen-bond donors (Lipinski definition) is 2. The molecule has 7 unspecified atom stereocenters. The summed E-state index contributed by atoms with van der Waals surface area (Å²) in [5, 5.41) is 14.1. The molecule has 0 amide bonds. The zero-order valence-electron chi connectivity index (χ0n) is 26.2. The lowest BCUT2D eigenvalue weighted by Gasteiger charge is -2.59. The highest BCUT2D eigenvalue weighted by Gasteiger charge is 2.81. The first-order chi connectivity index (χ1) is 19.2. The molecule has 2 N–H and O–H groups in total. The Morgan fingerprint density at radius 3 is 2.34 bits per heavy atom. The predicted molar refractivity (Wildman–Crippen MR) is 154 cm³/mol. The number of fused-ring (bicyclic) bond motifs is 4. The third-order valence-electron chi connectivity index (χ3n) is 14.3. The molecule has 0 aromatic heterocycles. The Morgan fingerprint density at radius 1 is 0.951 bits per heavy atom. The van der Waals surface area contributed by atoms with Crippen LogP contribution in [-0.4, -0.2) is 60.2 Å². The highest BCUT2D eigenvalue weighted by atomic mass is 16.6. The molecule has 0 aromatic rings. The van der Waals surface area contributed by atoms with Crippen LogP contribution in [0.3, 0.4) is 0 Å². The number of rotatable bonds is 5. The predicted octanol–water partition coefficient (Wildman–Crippen LogP) is 5.03. The molecule has 11 atom stereocenters. The van der Waals surface area contributed by atoms with Crippen LogP contribution in [-0.2, 0) is 23.8 Å². The number of ether oxygens (including phenoxy) is 3. The van der Waals surface area contributed by atoms with Crippen molar-refractivity contribution in [2.75, 3.05) is 13.1 Å². The van der Waals surface area contributed by atoms with Gasteiger partial charge < -0.3 is 24.6 Å². The van der Waals surface area contributed by atoms with Crippen LogP contribution in [0, 0.1) is 51.2 Å².